The van der Waals surface area contributed by atoms with Gasteiger partial charge in [-0.2, -0.15) is 0 Å². The highest BCUT2D eigenvalue weighted by molar-refractivity contribution is 6.10. The van der Waals surface area contributed by atoms with Gasteiger partial charge in [0.2, 0.25) is 0 Å². The van der Waals surface area contributed by atoms with Crippen LogP contribution in [0.5, 0.6) is 0 Å². The molecule has 4 nitrogen and oxygen atoms in total. The van der Waals surface area contributed by atoms with Crippen molar-refractivity contribution < 1.29 is 9.63 Å². The van der Waals surface area contributed by atoms with Gasteiger partial charge < -0.3 is 0 Å². The summed E-state index contributed by atoms with van der Waals surface area (Å²) in [5.74, 6) is 5.60. The third kappa shape index (κ3) is 3.25. The van der Waals surface area contributed by atoms with Crippen molar-refractivity contribution in [2.75, 3.05) is 13.1 Å². The van der Waals surface area contributed by atoms with Crippen molar-refractivity contribution in [2.24, 2.45) is 11.8 Å². The second kappa shape index (κ2) is 7.77. The maximum absolute atomic E-state index is 13.6. The summed E-state index contributed by atoms with van der Waals surface area (Å²) in [6.45, 7) is 3.86. The van der Waals surface area contributed by atoms with Crippen LogP contribution >= 0.6 is 0 Å². The number of likely N-dealkylation sites (tertiary alicyclic amines) is 1. The number of Topliss-reactive ketones (excluding diaryl/α,β-unsaturated/α-hetero) is 1. The predicted octanol–water partition coefficient (Wildman–Crippen LogP) is 3.88. The fourth-order valence-corrected chi connectivity index (χ4v) is 4.44. The molecule has 1 saturated heterocycles. The zero-order chi connectivity index (χ0) is 18.8. The number of hydrogen-bond acceptors (Lipinski definition) is 4. The maximum atomic E-state index is 13.6. The van der Waals surface area contributed by atoms with Crippen molar-refractivity contribution in [2.45, 2.75) is 31.9 Å². The number of allylic oxidation sites excluding steroid dienone is 2. The fourth-order valence-electron chi connectivity index (χ4n) is 4.44. The van der Waals surface area contributed by atoms with Gasteiger partial charge in [0.1, 0.15) is 6.10 Å². The molecule has 0 amide bonds. The number of carbonyl (C=O) groups is 1. The third-order valence-electron chi connectivity index (χ3n) is 5.78. The van der Waals surface area contributed by atoms with Crippen LogP contribution in [0.15, 0.2) is 66.3 Å². The Hall–Kier alpha value is -2.27. The molecule has 0 radical (unpaired) electrons. The van der Waals surface area contributed by atoms with Gasteiger partial charge in [-0.15, -0.1) is 0 Å². The Morgan fingerprint density at radius 1 is 1.22 bits per heavy atom. The molecule has 27 heavy (non-hydrogen) atoms. The molecule has 3 unspecified atom stereocenters. The Morgan fingerprint density at radius 3 is 2.85 bits per heavy atom. The maximum Gasteiger partial charge on any atom is 0.171 e. The van der Waals surface area contributed by atoms with Crippen LogP contribution in [0.25, 0.3) is 10.8 Å². The van der Waals surface area contributed by atoms with Crippen LogP contribution in [0, 0.1) is 5.92 Å². The molecule has 2 aliphatic rings. The number of benzene rings is 2. The fraction of sp³-hybridized carbons (Fsp3) is 0.348. The standard InChI is InChI=1S/C23H26N2O2/c1-2-3-14-25-15-20(18-11-7-13-21(27-24)22(18)25)23(26)19-12-6-9-16-8-4-5-10-17(16)19/h4-13,20-22H,2-3,14-15,24H2,1H3. The molecule has 0 aromatic heterocycles. The number of nitrogens with two attached hydrogens (primary N) is 1. The third-order valence-corrected chi connectivity index (χ3v) is 5.78. The van der Waals surface area contributed by atoms with Crippen LogP contribution in [-0.2, 0) is 4.84 Å². The van der Waals surface area contributed by atoms with Crippen molar-refractivity contribution in [1.29, 1.82) is 0 Å². The average molecular weight is 362 g/mol. The molecule has 2 aromatic rings. The number of unbranched alkanes of at least 4 members (excludes halogenated alkanes) is 1. The number of ketones is 1. The van der Waals surface area contributed by atoms with Crippen LogP contribution in [0.4, 0.5) is 0 Å². The smallest absolute Gasteiger partial charge is 0.171 e. The number of nitrogens with zero attached hydrogens (tertiary/aromatic N) is 1. The Labute approximate surface area is 160 Å². The molecular formula is C23H26N2O2. The molecule has 0 saturated carbocycles. The highest BCUT2D eigenvalue weighted by Gasteiger charge is 2.44. The number of hydrogen-bond donors (Lipinski definition) is 1. The van der Waals surface area contributed by atoms with Crippen LogP contribution < -0.4 is 5.90 Å². The van der Waals surface area contributed by atoms with Crippen molar-refractivity contribution in [3.05, 3.63) is 71.8 Å². The predicted molar refractivity (Wildman–Crippen MR) is 108 cm³/mol. The number of rotatable bonds is 6. The molecule has 1 aliphatic heterocycles. The van der Waals surface area contributed by atoms with E-state index in [2.05, 4.69) is 30.0 Å². The molecule has 4 heteroatoms. The van der Waals surface area contributed by atoms with Gasteiger partial charge in [-0.3, -0.25) is 14.5 Å². The summed E-state index contributed by atoms with van der Waals surface area (Å²) in [5, 5.41) is 2.12. The second-order valence-electron chi connectivity index (χ2n) is 7.39. The van der Waals surface area contributed by atoms with Gasteiger partial charge in [-0.25, -0.2) is 5.90 Å². The Kier molecular flexibility index (Phi) is 5.21. The first-order valence-corrected chi connectivity index (χ1v) is 9.74. The second-order valence-corrected chi connectivity index (χ2v) is 7.39. The van der Waals surface area contributed by atoms with E-state index in [0.717, 1.165) is 47.8 Å². The lowest BCUT2D eigenvalue weighted by molar-refractivity contribution is 0.0354. The van der Waals surface area contributed by atoms with E-state index in [4.69, 9.17) is 10.7 Å². The van der Waals surface area contributed by atoms with E-state index in [9.17, 15) is 4.79 Å². The van der Waals surface area contributed by atoms with E-state index in [0.29, 0.717) is 0 Å². The van der Waals surface area contributed by atoms with Gasteiger partial charge in [-0.05, 0) is 29.3 Å². The lowest BCUT2D eigenvalue weighted by Crippen LogP contribution is -2.42. The summed E-state index contributed by atoms with van der Waals surface area (Å²) >= 11 is 0. The van der Waals surface area contributed by atoms with E-state index in [1.807, 2.05) is 42.5 Å². The van der Waals surface area contributed by atoms with Crippen LogP contribution in [0.3, 0.4) is 0 Å². The molecule has 0 bridgehead atoms. The molecule has 1 fully saturated rings. The normalized spacial score (nSPS) is 24.8. The Morgan fingerprint density at radius 2 is 2.04 bits per heavy atom. The van der Waals surface area contributed by atoms with Crippen LogP contribution in [-0.4, -0.2) is 35.9 Å². The van der Waals surface area contributed by atoms with Gasteiger partial charge in [0.05, 0.1) is 12.0 Å². The van der Waals surface area contributed by atoms with Gasteiger partial charge in [0.15, 0.2) is 5.78 Å². The topological polar surface area (TPSA) is 55.6 Å². The van der Waals surface area contributed by atoms with Gasteiger partial charge in [0.25, 0.3) is 0 Å². The molecule has 0 spiro atoms. The molecule has 4 rings (SSSR count). The zero-order valence-corrected chi connectivity index (χ0v) is 15.7. The van der Waals surface area contributed by atoms with Gasteiger partial charge in [-0.1, -0.05) is 74.0 Å². The summed E-state index contributed by atoms with van der Waals surface area (Å²) in [7, 11) is 0. The summed E-state index contributed by atoms with van der Waals surface area (Å²) < 4.78 is 0. The van der Waals surface area contributed by atoms with Gasteiger partial charge in [0, 0.05) is 12.1 Å². The molecule has 140 valence electrons. The first kappa shape index (κ1) is 18.1. The first-order valence-electron chi connectivity index (χ1n) is 9.74. The van der Waals surface area contributed by atoms with Crippen molar-refractivity contribution in [1.82, 2.24) is 4.90 Å². The van der Waals surface area contributed by atoms with E-state index < -0.39 is 0 Å². The molecule has 2 N–H and O–H groups in total. The molecule has 3 atom stereocenters. The Bertz CT molecular complexity index is 897. The summed E-state index contributed by atoms with van der Waals surface area (Å²) in [6, 6.07) is 14.1. The largest absolute Gasteiger partial charge is 0.295 e. The van der Waals surface area contributed by atoms with E-state index in [1.54, 1.807) is 0 Å². The molecule has 1 aliphatic carbocycles. The minimum atomic E-state index is -0.202. The lowest BCUT2D eigenvalue weighted by Gasteiger charge is -2.30. The van der Waals surface area contributed by atoms with Crippen molar-refractivity contribution in [3.63, 3.8) is 0 Å². The summed E-state index contributed by atoms with van der Waals surface area (Å²) in [4.78, 5) is 21.2. The highest BCUT2D eigenvalue weighted by atomic mass is 16.6. The monoisotopic (exact) mass is 362 g/mol. The SMILES string of the molecule is CCCCN1CC(C(=O)c2cccc3ccccc23)C2=CC=CC(ON)C21. The summed E-state index contributed by atoms with van der Waals surface area (Å²) in [5.41, 5.74) is 1.93. The van der Waals surface area contributed by atoms with E-state index >= 15 is 0 Å². The lowest BCUT2D eigenvalue weighted by atomic mass is 9.85. The van der Waals surface area contributed by atoms with Crippen molar-refractivity contribution >= 4 is 16.6 Å². The first-order chi connectivity index (χ1) is 13.2. The van der Waals surface area contributed by atoms with Crippen molar-refractivity contribution in [3.8, 4) is 0 Å². The Balaban J connectivity index is 1.71. The molecule has 2 aromatic carbocycles. The average Bonchev–Trinajstić information content (AvgIpc) is 3.10. The number of fused-ring (bicyclic) bond motifs is 2. The number of carbonyl (C=O) groups excluding carboxylic acids is 1. The zero-order valence-electron chi connectivity index (χ0n) is 15.7. The minimum Gasteiger partial charge on any atom is -0.295 e. The van der Waals surface area contributed by atoms with Crippen LogP contribution in [0.2, 0.25) is 0 Å². The molecular weight excluding hydrogens is 336 g/mol. The van der Waals surface area contributed by atoms with E-state index in [1.165, 1.54) is 0 Å². The quantitative estimate of drug-likeness (QED) is 0.626. The van der Waals surface area contributed by atoms with Crippen LogP contribution in [0.1, 0.15) is 30.1 Å². The minimum absolute atomic E-state index is 0.0514. The van der Waals surface area contributed by atoms with Gasteiger partial charge >= 0.3 is 0 Å². The molecule has 1 heterocycles. The van der Waals surface area contributed by atoms with E-state index in [-0.39, 0.29) is 23.8 Å². The summed E-state index contributed by atoms with van der Waals surface area (Å²) in [6.07, 6.45) is 8.05. The highest BCUT2D eigenvalue weighted by Crippen LogP contribution is 2.37.